The van der Waals surface area contributed by atoms with E-state index in [1.807, 2.05) is 32.0 Å². The van der Waals surface area contributed by atoms with Gasteiger partial charge in [0.1, 0.15) is 12.4 Å². The molecule has 0 saturated carbocycles. The highest BCUT2D eigenvalue weighted by atomic mass is 32.1. The lowest BCUT2D eigenvalue weighted by Crippen LogP contribution is -2.32. The molecule has 27 heavy (non-hydrogen) atoms. The summed E-state index contributed by atoms with van der Waals surface area (Å²) in [5.41, 5.74) is 2.19. The molecule has 1 amide bonds. The van der Waals surface area contributed by atoms with Crippen molar-refractivity contribution < 1.29 is 23.9 Å². The maximum atomic E-state index is 11.8. The second kappa shape index (κ2) is 10.5. The van der Waals surface area contributed by atoms with Crippen LogP contribution in [0.25, 0.3) is 0 Å². The molecule has 0 saturated heterocycles. The van der Waals surface area contributed by atoms with Crippen molar-refractivity contribution in [3.05, 3.63) is 51.7 Å². The number of hydrogen-bond donors (Lipinski definition) is 1. The largest absolute Gasteiger partial charge is 0.491 e. The van der Waals surface area contributed by atoms with Crippen molar-refractivity contribution in [1.82, 2.24) is 5.32 Å². The molecule has 2 rings (SSSR count). The van der Waals surface area contributed by atoms with Crippen molar-refractivity contribution in [1.29, 1.82) is 0 Å². The summed E-state index contributed by atoms with van der Waals surface area (Å²) < 4.78 is 10.5. The molecule has 0 aliphatic rings. The van der Waals surface area contributed by atoms with Crippen molar-refractivity contribution in [3.8, 4) is 5.75 Å². The SMILES string of the molecule is Cc1ccc(OCCNC(=O)COC(=O)CCC(=O)c2cccs2)c(C)c1. The first-order chi connectivity index (χ1) is 13.0. The van der Waals surface area contributed by atoms with E-state index in [0.717, 1.165) is 16.9 Å². The van der Waals surface area contributed by atoms with Gasteiger partial charge in [0.2, 0.25) is 0 Å². The minimum atomic E-state index is -0.568. The fourth-order valence-corrected chi connectivity index (χ4v) is 3.05. The Balaban J connectivity index is 1.57. The number of hydrogen-bond acceptors (Lipinski definition) is 6. The van der Waals surface area contributed by atoms with E-state index in [2.05, 4.69) is 5.32 Å². The van der Waals surface area contributed by atoms with E-state index in [1.165, 1.54) is 11.3 Å². The second-order valence-electron chi connectivity index (χ2n) is 6.03. The summed E-state index contributed by atoms with van der Waals surface area (Å²) in [5, 5.41) is 4.43. The summed E-state index contributed by atoms with van der Waals surface area (Å²) >= 11 is 1.33. The fourth-order valence-electron chi connectivity index (χ4n) is 2.36. The molecule has 7 heteroatoms. The zero-order valence-corrected chi connectivity index (χ0v) is 16.3. The van der Waals surface area contributed by atoms with Crippen LogP contribution in [-0.2, 0) is 14.3 Å². The van der Waals surface area contributed by atoms with Crippen molar-refractivity contribution in [2.24, 2.45) is 0 Å². The normalized spacial score (nSPS) is 10.3. The third-order valence-corrected chi connectivity index (χ3v) is 4.64. The minimum Gasteiger partial charge on any atom is -0.491 e. The van der Waals surface area contributed by atoms with E-state index in [0.29, 0.717) is 18.0 Å². The summed E-state index contributed by atoms with van der Waals surface area (Å²) in [5.74, 6) is -0.301. The number of esters is 1. The predicted octanol–water partition coefficient (Wildman–Crippen LogP) is 3.07. The van der Waals surface area contributed by atoms with Crippen LogP contribution < -0.4 is 10.1 Å². The summed E-state index contributed by atoms with van der Waals surface area (Å²) in [6.07, 6.45) is 0.0323. The van der Waals surface area contributed by atoms with Crippen molar-refractivity contribution in [3.63, 3.8) is 0 Å². The molecule has 2 aromatic rings. The molecule has 1 N–H and O–H groups in total. The number of thiophene rings is 1. The van der Waals surface area contributed by atoms with Gasteiger partial charge in [0.25, 0.3) is 5.91 Å². The van der Waals surface area contributed by atoms with Gasteiger partial charge in [0.05, 0.1) is 17.8 Å². The molecule has 0 radical (unpaired) electrons. The third kappa shape index (κ3) is 7.22. The number of carbonyl (C=O) groups excluding carboxylic acids is 3. The van der Waals surface area contributed by atoms with Crippen molar-refractivity contribution in [2.45, 2.75) is 26.7 Å². The molecule has 0 aliphatic heterocycles. The second-order valence-corrected chi connectivity index (χ2v) is 6.98. The van der Waals surface area contributed by atoms with E-state index < -0.39 is 11.9 Å². The van der Waals surface area contributed by atoms with Crippen LogP contribution in [0.1, 0.15) is 33.6 Å². The zero-order chi connectivity index (χ0) is 19.6. The van der Waals surface area contributed by atoms with Gasteiger partial charge in [-0.25, -0.2) is 0 Å². The van der Waals surface area contributed by atoms with E-state index in [4.69, 9.17) is 9.47 Å². The van der Waals surface area contributed by atoms with Gasteiger partial charge in [0.15, 0.2) is 12.4 Å². The van der Waals surface area contributed by atoms with Crippen LogP contribution in [0.4, 0.5) is 0 Å². The number of nitrogens with one attached hydrogen (secondary N) is 1. The molecule has 0 bridgehead atoms. The molecule has 0 fully saturated rings. The highest BCUT2D eigenvalue weighted by Crippen LogP contribution is 2.18. The molecular weight excluding hydrogens is 366 g/mol. The average molecular weight is 389 g/mol. The van der Waals surface area contributed by atoms with Crippen LogP contribution >= 0.6 is 11.3 Å². The molecule has 1 heterocycles. The van der Waals surface area contributed by atoms with Gasteiger partial charge in [-0.05, 0) is 36.9 Å². The lowest BCUT2D eigenvalue weighted by Gasteiger charge is -2.10. The van der Waals surface area contributed by atoms with E-state index in [9.17, 15) is 14.4 Å². The minimum absolute atomic E-state index is 0.0418. The maximum absolute atomic E-state index is 11.8. The molecule has 144 valence electrons. The highest BCUT2D eigenvalue weighted by molar-refractivity contribution is 7.12. The smallest absolute Gasteiger partial charge is 0.306 e. The lowest BCUT2D eigenvalue weighted by atomic mass is 10.1. The topological polar surface area (TPSA) is 81.7 Å². The first kappa shape index (κ1) is 20.6. The van der Waals surface area contributed by atoms with Gasteiger partial charge < -0.3 is 14.8 Å². The Morgan fingerprint density at radius 3 is 2.63 bits per heavy atom. The summed E-state index contributed by atoms with van der Waals surface area (Å²) in [6.45, 7) is 4.23. The number of amides is 1. The van der Waals surface area contributed by atoms with Crippen LogP contribution in [-0.4, -0.2) is 37.4 Å². The number of rotatable bonds is 10. The average Bonchev–Trinajstić information content (AvgIpc) is 3.17. The van der Waals surface area contributed by atoms with Crippen LogP contribution in [0.5, 0.6) is 5.75 Å². The van der Waals surface area contributed by atoms with Gasteiger partial charge in [0, 0.05) is 6.42 Å². The summed E-state index contributed by atoms with van der Waals surface area (Å²) in [6, 6.07) is 9.38. The quantitative estimate of drug-likeness (QED) is 0.384. The number of ether oxygens (including phenoxy) is 2. The number of carbonyl (C=O) groups is 3. The summed E-state index contributed by atoms with van der Waals surface area (Å²) in [4.78, 5) is 35.7. The molecule has 1 aromatic carbocycles. The molecular formula is C20H23NO5S. The third-order valence-electron chi connectivity index (χ3n) is 3.73. The van der Waals surface area contributed by atoms with E-state index >= 15 is 0 Å². The van der Waals surface area contributed by atoms with Crippen molar-refractivity contribution >= 4 is 29.0 Å². The van der Waals surface area contributed by atoms with Gasteiger partial charge >= 0.3 is 5.97 Å². The molecule has 0 spiro atoms. The van der Waals surface area contributed by atoms with Crippen LogP contribution in [0.3, 0.4) is 0 Å². The highest BCUT2D eigenvalue weighted by Gasteiger charge is 2.12. The zero-order valence-electron chi connectivity index (χ0n) is 15.4. The molecule has 6 nitrogen and oxygen atoms in total. The standard InChI is InChI=1S/C20H23NO5S/c1-14-5-7-17(15(2)12-14)25-10-9-21-19(23)13-26-20(24)8-6-16(22)18-4-3-11-27-18/h3-5,7,11-12H,6,8-10,13H2,1-2H3,(H,21,23). The Kier molecular flexibility index (Phi) is 8.00. The van der Waals surface area contributed by atoms with Crippen LogP contribution in [0.15, 0.2) is 35.7 Å². The monoisotopic (exact) mass is 389 g/mol. The van der Waals surface area contributed by atoms with Crippen LogP contribution in [0, 0.1) is 13.8 Å². The number of ketones is 1. The van der Waals surface area contributed by atoms with Gasteiger partial charge in [-0.15, -0.1) is 11.3 Å². The molecule has 0 aliphatic carbocycles. The Morgan fingerprint density at radius 2 is 1.93 bits per heavy atom. The number of Topliss-reactive ketones (excluding diaryl/α,β-unsaturated/α-hetero) is 1. The maximum Gasteiger partial charge on any atom is 0.306 e. The van der Waals surface area contributed by atoms with Gasteiger partial charge in [-0.2, -0.15) is 0 Å². The Bertz CT molecular complexity index is 786. The Labute approximate surface area is 162 Å². The predicted molar refractivity (Wildman–Crippen MR) is 103 cm³/mol. The molecule has 0 atom stereocenters. The molecule has 0 unspecified atom stereocenters. The van der Waals surface area contributed by atoms with Gasteiger partial charge in [-0.1, -0.05) is 23.8 Å². The van der Waals surface area contributed by atoms with Gasteiger partial charge in [-0.3, -0.25) is 14.4 Å². The molecule has 1 aromatic heterocycles. The first-order valence-electron chi connectivity index (χ1n) is 8.65. The number of benzene rings is 1. The van der Waals surface area contributed by atoms with E-state index in [-0.39, 0.29) is 25.2 Å². The Morgan fingerprint density at radius 1 is 1.11 bits per heavy atom. The lowest BCUT2D eigenvalue weighted by molar-refractivity contribution is -0.148. The first-order valence-corrected chi connectivity index (χ1v) is 9.53. The van der Waals surface area contributed by atoms with Crippen molar-refractivity contribution in [2.75, 3.05) is 19.8 Å². The number of aryl methyl sites for hydroxylation is 2. The van der Waals surface area contributed by atoms with Crippen LogP contribution in [0.2, 0.25) is 0 Å². The Hall–Kier alpha value is -2.67. The fraction of sp³-hybridized carbons (Fsp3) is 0.350. The van der Waals surface area contributed by atoms with E-state index in [1.54, 1.807) is 17.5 Å². The summed E-state index contributed by atoms with van der Waals surface area (Å²) in [7, 11) is 0.